The molecule has 0 fully saturated rings. The average molecular weight is 304 g/mol. The quantitative estimate of drug-likeness (QED) is 0.907. The molecule has 21 heavy (non-hydrogen) atoms. The first-order valence-corrected chi connectivity index (χ1v) is 7.06. The molecule has 4 heteroatoms. The highest BCUT2D eigenvalue weighted by molar-refractivity contribution is 6.30. The molecule has 0 saturated heterocycles. The molecule has 0 aromatic heterocycles. The molecular formula is C17H18ClNO2. The molecule has 0 radical (unpaired) electrons. The first-order chi connectivity index (χ1) is 9.91. The molecule has 0 heterocycles. The number of amides is 1. The van der Waals surface area contributed by atoms with Gasteiger partial charge in [-0.25, -0.2) is 4.79 Å². The molecule has 1 amide bonds. The fourth-order valence-electron chi connectivity index (χ4n) is 2.42. The smallest absolute Gasteiger partial charge is 0.405 e. The Balaban J connectivity index is 2.46. The molecule has 3 nitrogen and oxygen atoms in total. The predicted molar refractivity (Wildman–Crippen MR) is 84.3 cm³/mol. The topological polar surface area (TPSA) is 52.3 Å². The van der Waals surface area contributed by atoms with Crippen LogP contribution in [0.25, 0.3) is 0 Å². The second-order valence-corrected chi connectivity index (χ2v) is 5.90. The van der Waals surface area contributed by atoms with Crippen molar-refractivity contribution >= 4 is 17.7 Å². The van der Waals surface area contributed by atoms with E-state index in [-0.39, 0.29) is 0 Å². The Morgan fingerprint density at radius 1 is 1.14 bits per heavy atom. The van der Waals surface area contributed by atoms with Crippen LogP contribution in [0.15, 0.2) is 54.6 Å². The zero-order valence-electron chi connectivity index (χ0n) is 12.0. The molecule has 0 aliphatic rings. The van der Waals surface area contributed by atoms with Crippen molar-refractivity contribution in [3.05, 3.63) is 70.7 Å². The van der Waals surface area contributed by atoms with E-state index in [2.05, 4.69) is 0 Å². The third-order valence-electron chi connectivity index (χ3n) is 3.56. The standard InChI is InChI=1S/C17H18ClNO2/c1-17(2,13-9-6-10-14(18)11-13)15(21-16(19)20)12-7-4-3-5-8-12/h3-11,15H,1-2H3,(H2,19,20)/t15-/m1/s1. The Bertz CT molecular complexity index is 626. The lowest BCUT2D eigenvalue weighted by molar-refractivity contribution is 0.0621. The number of halogens is 1. The number of carbonyl (C=O) groups excluding carboxylic acids is 1. The van der Waals surface area contributed by atoms with E-state index in [4.69, 9.17) is 22.1 Å². The molecular weight excluding hydrogens is 286 g/mol. The Hall–Kier alpha value is -2.00. The number of nitrogens with two attached hydrogens (primary N) is 1. The van der Waals surface area contributed by atoms with Crippen LogP contribution in [0.5, 0.6) is 0 Å². The van der Waals surface area contributed by atoms with Gasteiger partial charge in [0.1, 0.15) is 6.10 Å². The van der Waals surface area contributed by atoms with E-state index >= 15 is 0 Å². The van der Waals surface area contributed by atoms with Crippen molar-refractivity contribution in [2.75, 3.05) is 0 Å². The maximum absolute atomic E-state index is 11.3. The molecule has 0 saturated carbocycles. The first-order valence-electron chi connectivity index (χ1n) is 6.68. The van der Waals surface area contributed by atoms with Gasteiger partial charge in [-0.3, -0.25) is 0 Å². The summed E-state index contributed by atoms with van der Waals surface area (Å²) in [6, 6.07) is 17.1. The number of hydrogen-bond acceptors (Lipinski definition) is 2. The van der Waals surface area contributed by atoms with Crippen molar-refractivity contribution in [2.45, 2.75) is 25.4 Å². The third-order valence-corrected chi connectivity index (χ3v) is 3.80. The highest BCUT2D eigenvalue weighted by atomic mass is 35.5. The summed E-state index contributed by atoms with van der Waals surface area (Å²) in [5, 5.41) is 0.645. The second-order valence-electron chi connectivity index (χ2n) is 5.46. The zero-order chi connectivity index (χ0) is 15.5. The van der Waals surface area contributed by atoms with E-state index in [0.717, 1.165) is 11.1 Å². The van der Waals surface area contributed by atoms with E-state index in [9.17, 15) is 4.79 Å². The Morgan fingerprint density at radius 3 is 2.38 bits per heavy atom. The summed E-state index contributed by atoms with van der Waals surface area (Å²) >= 11 is 6.07. The van der Waals surface area contributed by atoms with Crippen molar-refractivity contribution in [2.24, 2.45) is 5.73 Å². The largest absolute Gasteiger partial charge is 0.441 e. The summed E-state index contributed by atoms with van der Waals surface area (Å²) in [7, 11) is 0. The average Bonchev–Trinajstić information content (AvgIpc) is 2.45. The fourth-order valence-corrected chi connectivity index (χ4v) is 2.61. The zero-order valence-corrected chi connectivity index (χ0v) is 12.8. The van der Waals surface area contributed by atoms with Gasteiger partial charge in [0.2, 0.25) is 0 Å². The fraction of sp³-hybridized carbons (Fsp3) is 0.235. The van der Waals surface area contributed by atoms with Crippen molar-refractivity contribution in [1.29, 1.82) is 0 Å². The molecule has 0 bridgehead atoms. The van der Waals surface area contributed by atoms with Gasteiger partial charge in [-0.2, -0.15) is 0 Å². The monoisotopic (exact) mass is 303 g/mol. The molecule has 2 N–H and O–H groups in total. The molecule has 2 aromatic rings. The number of primary amides is 1. The summed E-state index contributed by atoms with van der Waals surface area (Å²) in [5.41, 5.74) is 6.64. The molecule has 0 aliphatic carbocycles. The van der Waals surface area contributed by atoms with E-state index in [1.165, 1.54) is 0 Å². The van der Waals surface area contributed by atoms with Crippen LogP contribution >= 0.6 is 11.6 Å². The lowest BCUT2D eigenvalue weighted by Crippen LogP contribution is -2.32. The van der Waals surface area contributed by atoms with Gasteiger partial charge >= 0.3 is 6.09 Å². The van der Waals surface area contributed by atoms with Crippen molar-refractivity contribution in [3.63, 3.8) is 0 Å². The van der Waals surface area contributed by atoms with Crippen LogP contribution < -0.4 is 5.73 Å². The molecule has 2 rings (SSSR count). The molecule has 1 atom stereocenters. The second kappa shape index (κ2) is 6.19. The number of hydrogen-bond donors (Lipinski definition) is 1. The van der Waals surface area contributed by atoms with Crippen molar-refractivity contribution in [1.82, 2.24) is 0 Å². The van der Waals surface area contributed by atoms with Crippen LogP contribution in [0.3, 0.4) is 0 Å². The normalized spacial score (nSPS) is 12.7. The maximum Gasteiger partial charge on any atom is 0.405 e. The third kappa shape index (κ3) is 3.56. The lowest BCUT2D eigenvalue weighted by Gasteiger charge is -2.34. The number of ether oxygens (including phenoxy) is 1. The van der Waals surface area contributed by atoms with Crippen molar-refractivity contribution in [3.8, 4) is 0 Å². The van der Waals surface area contributed by atoms with Crippen LogP contribution in [0, 0.1) is 0 Å². The van der Waals surface area contributed by atoms with E-state index < -0.39 is 17.6 Å². The Kier molecular flexibility index (Phi) is 4.53. The minimum atomic E-state index is -0.793. The van der Waals surface area contributed by atoms with Crippen LogP contribution in [-0.4, -0.2) is 6.09 Å². The summed E-state index contributed by atoms with van der Waals surface area (Å²) in [6.45, 7) is 4.00. The molecule has 2 aromatic carbocycles. The predicted octanol–water partition coefficient (Wildman–Crippen LogP) is 4.45. The molecule has 0 aliphatic heterocycles. The highest BCUT2D eigenvalue weighted by Crippen LogP contribution is 2.40. The maximum atomic E-state index is 11.3. The SMILES string of the molecule is CC(C)(c1cccc(Cl)c1)[C@H](OC(N)=O)c1ccccc1. The number of benzene rings is 2. The Labute approximate surface area is 129 Å². The highest BCUT2D eigenvalue weighted by Gasteiger charge is 2.35. The van der Waals surface area contributed by atoms with Crippen LogP contribution in [0.1, 0.15) is 31.1 Å². The minimum absolute atomic E-state index is 0.471. The van der Waals surface area contributed by atoms with Gasteiger partial charge in [0.15, 0.2) is 0 Å². The van der Waals surface area contributed by atoms with Gasteiger partial charge in [-0.05, 0) is 23.3 Å². The van der Waals surface area contributed by atoms with E-state index in [1.54, 1.807) is 0 Å². The van der Waals surface area contributed by atoms with Gasteiger partial charge in [-0.1, -0.05) is 67.9 Å². The minimum Gasteiger partial charge on any atom is -0.441 e. The summed E-state index contributed by atoms with van der Waals surface area (Å²) < 4.78 is 5.39. The van der Waals surface area contributed by atoms with E-state index in [1.807, 2.05) is 68.4 Å². The van der Waals surface area contributed by atoms with Gasteiger partial charge in [0.25, 0.3) is 0 Å². The van der Waals surface area contributed by atoms with Crippen molar-refractivity contribution < 1.29 is 9.53 Å². The van der Waals surface area contributed by atoms with Crippen LogP contribution in [-0.2, 0) is 10.2 Å². The number of rotatable bonds is 4. The summed E-state index contributed by atoms with van der Waals surface area (Å²) in [5.74, 6) is 0. The van der Waals surface area contributed by atoms with Gasteiger partial charge in [-0.15, -0.1) is 0 Å². The lowest BCUT2D eigenvalue weighted by atomic mass is 9.76. The molecule has 110 valence electrons. The van der Waals surface area contributed by atoms with Gasteiger partial charge < -0.3 is 10.5 Å². The molecule has 0 unspecified atom stereocenters. The van der Waals surface area contributed by atoms with Crippen LogP contribution in [0.2, 0.25) is 5.02 Å². The van der Waals surface area contributed by atoms with Gasteiger partial charge in [0.05, 0.1) is 0 Å². The summed E-state index contributed by atoms with van der Waals surface area (Å²) in [6.07, 6.45) is -1.28. The Morgan fingerprint density at radius 2 is 1.81 bits per heavy atom. The van der Waals surface area contributed by atoms with Gasteiger partial charge in [0, 0.05) is 10.4 Å². The van der Waals surface area contributed by atoms with Crippen LogP contribution in [0.4, 0.5) is 4.79 Å². The van der Waals surface area contributed by atoms with E-state index in [0.29, 0.717) is 5.02 Å². The summed E-state index contributed by atoms with van der Waals surface area (Å²) in [4.78, 5) is 11.3. The molecule has 0 spiro atoms. The number of carbonyl (C=O) groups is 1. The first kappa shape index (κ1) is 15.4.